The normalized spacial score (nSPS) is 26.7. The minimum Gasteiger partial charge on any atom is -0.257 e. The Balaban J connectivity index is 2.10. The molecule has 1 fully saturated rings. The van der Waals surface area contributed by atoms with Gasteiger partial charge < -0.3 is 0 Å². The lowest BCUT2D eigenvalue weighted by molar-refractivity contribution is 0.498. The van der Waals surface area contributed by atoms with Crippen molar-refractivity contribution in [2.45, 2.75) is 57.8 Å². The molecule has 0 amide bonds. The lowest BCUT2D eigenvalue weighted by Crippen LogP contribution is -2.32. The van der Waals surface area contributed by atoms with Crippen LogP contribution in [0.3, 0.4) is 0 Å². The summed E-state index contributed by atoms with van der Waals surface area (Å²) in [5, 5.41) is 0. The van der Waals surface area contributed by atoms with Gasteiger partial charge in [-0.25, -0.2) is 0 Å². The molecular weight excluding hydrogens is 206 g/mol. The quantitative estimate of drug-likeness (QED) is 0.658. The highest BCUT2D eigenvalue weighted by molar-refractivity contribution is 6.02. The molecule has 0 bridgehead atoms. The van der Waals surface area contributed by atoms with Crippen molar-refractivity contribution in [2.75, 3.05) is 0 Å². The fraction of sp³-hybridized carbons (Fsp3) is 0.562. The molecular formula is C16H21N. The van der Waals surface area contributed by atoms with Crippen molar-refractivity contribution >= 4 is 11.4 Å². The van der Waals surface area contributed by atoms with Gasteiger partial charge in [0.05, 0.1) is 5.69 Å². The summed E-state index contributed by atoms with van der Waals surface area (Å²) in [4.78, 5) is 4.86. The summed E-state index contributed by atoms with van der Waals surface area (Å²) in [6.45, 7) is 6.92. The van der Waals surface area contributed by atoms with E-state index in [1.165, 1.54) is 48.2 Å². The summed E-state index contributed by atoms with van der Waals surface area (Å²) in [6.07, 6.45) is 5.14. The van der Waals surface area contributed by atoms with E-state index in [2.05, 4.69) is 39.0 Å². The number of hydrogen-bond donors (Lipinski definition) is 0. The van der Waals surface area contributed by atoms with Gasteiger partial charge in [0, 0.05) is 11.1 Å². The maximum Gasteiger partial charge on any atom is 0.0671 e. The molecule has 90 valence electrons. The lowest BCUT2D eigenvalue weighted by atomic mass is 9.70. The zero-order valence-corrected chi connectivity index (χ0v) is 11.1. The molecule has 1 aliphatic carbocycles. The highest BCUT2D eigenvalue weighted by Gasteiger charge is 2.40. The summed E-state index contributed by atoms with van der Waals surface area (Å²) >= 11 is 0. The fourth-order valence-corrected chi connectivity index (χ4v) is 3.26. The Bertz CT molecular complexity index is 484. The monoisotopic (exact) mass is 227 g/mol. The Kier molecular flexibility index (Phi) is 2.39. The highest BCUT2D eigenvalue weighted by Crippen LogP contribution is 2.47. The Labute approximate surface area is 104 Å². The van der Waals surface area contributed by atoms with E-state index in [1.807, 2.05) is 0 Å². The molecule has 17 heavy (non-hydrogen) atoms. The largest absolute Gasteiger partial charge is 0.257 e. The van der Waals surface area contributed by atoms with Gasteiger partial charge in [-0.15, -0.1) is 0 Å². The summed E-state index contributed by atoms with van der Waals surface area (Å²) in [7, 11) is 0. The van der Waals surface area contributed by atoms with Crippen molar-refractivity contribution in [3.8, 4) is 0 Å². The summed E-state index contributed by atoms with van der Waals surface area (Å²) in [6, 6.07) is 6.87. The molecule has 2 aliphatic rings. The van der Waals surface area contributed by atoms with Crippen LogP contribution in [0.1, 0.15) is 63.5 Å². The number of rotatable bonds is 1. The van der Waals surface area contributed by atoms with Gasteiger partial charge in [-0.3, -0.25) is 4.99 Å². The van der Waals surface area contributed by atoms with Gasteiger partial charge in [-0.05, 0) is 42.4 Å². The van der Waals surface area contributed by atoms with Gasteiger partial charge in [-0.1, -0.05) is 39.3 Å². The second-order valence-electron chi connectivity index (χ2n) is 6.03. The van der Waals surface area contributed by atoms with E-state index in [0.29, 0.717) is 5.92 Å². The van der Waals surface area contributed by atoms with Crippen molar-refractivity contribution in [1.29, 1.82) is 0 Å². The Morgan fingerprint density at radius 1 is 1.24 bits per heavy atom. The molecule has 1 aliphatic heterocycles. The first-order chi connectivity index (χ1) is 8.11. The van der Waals surface area contributed by atoms with Crippen LogP contribution in [0.25, 0.3) is 0 Å². The Hall–Kier alpha value is -1.11. The summed E-state index contributed by atoms with van der Waals surface area (Å²) < 4.78 is 0. The number of nitrogens with zero attached hydrogens (tertiary/aromatic N) is 1. The van der Waals surface area contributed by atoms with Crippen molar-refractivity contribution < 1.29 is 0 Å². The maximum atomic E-state index is 4.86. The zero-order valence-electron chi connectivity index (χ0n) is 11.1. The number of benzene rings is 1. The van der Waals surface area contributed by atoms with E-state index in [0.717, 1.165) is 0 Å². The molecule has 1 aromatic rings. The van der Waals surface area contributed by atoms with Gasteiger partial charge in [-0.2, -0.15) is 0 Å². The molecule has 1 unspecified atom stereocenters. The topological polar surface area (TPSA) is 12.4 Å². The first-order valence-electron chi connectivity index (χ1n) is 6.84. The Morgan fingerprint density at radius 3 is 2.82 bits per heavy atom. The zero-order chi connectivity index (χ0) is 12.0. The minimum atomic E-state index is 0.248. The van der Waals surface area contributed by atoms with Crippen LogP contribution < -0.4 is 0 Å². The second-order valence-corrected chi connectivity index (χ2v) is 6.03. The molecule has 0 N–H and O–H groups in total. The molecule has 0 saturated heterocycles. The SMILES string of the molecule is CC(C)c1ccc2c(c1)C1(C)CCCCC1=N2. The van der Waals surface area contributed by atoms with Crippen LogP contribution in [0.5, 0.6) is 0 Å². The third-order valence-corrected chi connectivity index (χ3v) is 4.51. The van der Waals surface area contributed by atoms with Crippen LogP contribution in [-0.4, -0.2) is 5.71 Å². The first kappa shape index (κ1) is 11.0. The average Bonchev–Trinajstić information content (AvgIpc) is 2.61. The second kappa shape index (κ2) is 3.69. The van der Waals surface area contributed by atoms with Gasteiger partial charge in [0.15, 0.2) is 0 Å². The number of fused-ring (bicyclic) bond motifs is 3. The third-order valence-electron chi connectivity index (χ3n) is 4.51. The van der Waals surface area contributed by atoms with Crippen molar-refractivity contribution in [2.24, 2.45) is 4.99 Å². The van der Waals surface area contributed by atoms with E-state index in [-0.39, 0.29) is 5.41 Å². The maximum absolute atomic E-state index is 4.86. The molecule has 0 aromatic heterocycles. The predicted octanol–water partition coefficient (Wildman–Crippen LogP) is 4.73. The smallest absolute Gasteiger partial charge is 0.0671 e. The van der Waals surface area contributed by atoms with Gasteiger partial charge in [0.1, 0.15) is 0 Å². The fourth-order valence-electron chi connectivity index (χ4n) is 3.26. The predicted molar refractivity (Wildman–Crippen MR) is 73.4 cm³/mol. The molecule has 1 aromatic carbocycles. The van der Waals surface area contributed by atoms with Crippen molar-refractivity contribution in [1.82, 2.24) is 0 Å². The molecule has 0 spiro atoms. The first-order valence-corrected chi connectivity index (χ1v) is 6.84. The van der Waals surface area contributed by atoms with E-state index >= 15 is 0 Å². The molecule has 1 atom stereocenters. The van der Waals surface area contributed by atoms with Gasteiger partial charge in [0.2, 0.25) is 0 Å². The van der Waals surface area contributed by atoms with Gasteiger partial charge >= 0.3 is 0 Å². The van der Waals surface area contributed by atoms with Crippen LogP contribution in [-0.2, 0) is 5.41 Å². The standard InChI is InChI=1S/C16H21N/c1-11(2)12-7-8-14-13(10-12)16(3)9-5-4-6-15(16)17-14/h7-8,10-11H,4-6,9H2,1-3H3. The molecule has 0 radical (unpaired) electrons. The van der Waals surface area contributed by atoms with Crippen LogP contribution in [0.2, 0.25) is 0 Å². The van der Waals surface area contributed by atoms with Crippen LogP contribution in [0, 0.1) is 0 Å². The minimum absolute atomic E-state index is 0.248. The van der Waals surface area contributed by atoms with E-state index < -0.39 is 0 Å². The molecule has 1 heterocycles. The third kappa shape index (κ3) is 1.55. The molecule has 1 heteroatoms. The average molecular weight is 227 g/mol. The van der Waals surface area contributed by atoms with E-state index in [4.69, 9.17) is 4.99 Å². The lowest BCUT2D eigenvalue weighted by Gasteiger charge is -2.32. The molecule has 1 saturated carbocycles. The Morgan fingerprint density at radius 2 is 2.06 bits per heavy atom. The molecule has 1 nitrogen and oxygen atoms in total. The summed E-state index contributed by atoms with van der Waals surface area (Å²) in [5.74, 6) is 0.608. The van der Waals surface area contributed by atoms with Crippen LogP contribution in [0.4, 0.5) is 5.69 Å². The van der Waals surface area contributed by atoms with Gasteiger partial charge in [0.25, 0.3) is 0 Å². The summed E-state index contributed by atoms with van der Waals surface area (Å²) in [5.41, 5.74) is 5.84. The van der Waals surface area contributed by atoms with E-state index in [1.54, 1.807) is 0 Å². The highest BCUT2D eigenvalue weighted by atomic mass is 14.8. The van der Waals surface area contributed by atoms with Crippen molar-refractivity contribution in [3.05, 3.63) is 29.3 Å². The number of aliphatic imine (C=N–C) groups is 1. The van der Waals surface area contributed by atoms with Crippen LogP contribution >= 0.6 is 0 Å². The molecule has 3 rings (SSSR count). The van der Waals surface area contributed by atoms with Crippen molar-refractivity contribution in [3.63, 3.8) is 0 Å². The van der Waals surface area contributed by atoms with E-state index in [9.17, 15) is 0 Å². The number of hydrogen-bond acceptors (Lipinski definition) is 1. The van der Waals surface area contributed by atoms with Crippen LogP contribution in [0.15, 0.2) is 23.2 Å².